The molecule has 2 amide bonds. The molecule has 0 spiro atoms. The maximum absolute atomic E-state index is 12.6. The van der Waals surface area contributed by atoms with Gasteiger partial charge in [0.15, 0.2) is 15.4 Å². The Bertz CT molecular complexity index is 1230. The Hall–Kier alpha value is -3.15. The monoisotopic (exact) mass is 484 g/mol. The summed E-state index contributed by atoms with van der Waals surface area (Å²) in [4.78, 5) is 38.6. The number of carbonyl (C=O) groups excluding carboxylic acids is 2. The first-order chi connectivity index (χ1) is 15.5. The first kappa shape index (κ1) is 22.1. The average Bonchev–Trinajstić information content (AvgIpc) is 3.54. The van der Waals surface area contributed by atoms with Crippen LogP contribution in [0.1, 0.15) is 38.3 Å². The highest BCUT2D eigenvalue weighted by molar-refractivity contribution is 7.19. The minimum atomic E-state index is -0.323. The molecule has 0 saturated carbocycles. The summed E-state index contributed by atoms with van der Waals surface area (Å²) in [6.45, 7) is 4.88. The van der Waals surface area contributed by atoms with E-state index in [-0.39, 0.29) is 11.8 Å². The molecule has 0 atom stereocenters. The molecule has 0 unspecified atom stereocenters. The number of hydrogen-bond acceptors (Lipinski definition) is 9. The van der Waals surface area contributed by atoms with Crippen LogP contribution in [0.5, 0.6) is 0 Å². The van der Waals surface area contributed by atoms with Gasteiger partial charge in [0.2, 0.25) is 0 Å². The standard InChI is InChI=1S/C21H20N6O2S3/c1-3-8-22-19-23-9-15(31-19)17(28)26-20-24-10-16(32-20)18(29)27-21-25-14(11-30-21)13-6-4-12(2)5-7-13/h4-7,9-11H,3,8H2,1-2H3,(H,22,23)(H,24,26,28)(H,25,27,29). The van der Waals surface area contributed by atoms with Crippen molar-refractivity contribution in [3.63, 3.8) is 0 Å². The van der Waals surface area contributed by atoms with Gasteiger partial charge < -0.3 is 5.32 Å². The van der Waals surface area contributed by atoms with Crippen molar-refractivity contribution >= 4 is 61.2 Å². The van der Waals surface area contributed by atoms with Gasteiger partial charge in [-0.1, -0.05) is 59.4 Å². The summed E-state index contributed by atoms with van der Waals surface area (Å²) in [6, 6.07) is 8.05. The van der Waals surface area contributed by atoms with E-state index >= 15 is 0 Å². The first-order valence-electron chi connectivity index (χ1n) is 9.82. The van der Waals surface area contributed by atoms with Crippen LogP contribution in [0.15, 0.2) is 42.0 Å². The summed E-state index contributed by atoms with van der Waals surface area (Å²) < 4.78 is 0. The van der Waals surface area contributed by atoms with Gasteiger partial charge in [-0.05, 0) is 13.3 Å². The lowest BCUT2D eigenvalue weighted by Gasteiger charge is -1.99. The summed E-state index contributed by atoms with van der Waals surface area (Å²) in [5, 5.41) is 12.1. The van der Waals surface area contributed by atoms with E-state index < -0.39 is 0 Å². The van der Waals surface area contributed by atoms with Crippen LogP contribution in [0.25, 0.3) is 11.3 Å². The Morgan fingerprint density at radius 3 is 2.22 bits per heavy atom. The van der Waals surface area contributed by atoms with Gasteiger partial charge in [0.05, 0.1) is 18.1 Å². The molecule has 164 valence electrons. The number of thiazole rings is 3. The lowest BCUT2D eigenvalue weighted by atomic mass is 10.1. The van der Waals surface area contributed by atoms with Gasteiger partial charge in [-0.3, -0.25) is 20.2 Å². The lowest BCUT2D eigenvalue weighted by molar-refractivity contribution is 0.102. The van der Waals surface area contributed by atoms with E-state index in [9.17, 15) is 9.59 Å². The molecule has 4 rings (SSSR count). The molecule has 0 aliphatic carbocycles. The van der Waals surface area contributed by atoms with E-state index in [2.05, 4.69) is 37.8 Å². The van der Waals surface area contributed by atoms with Gasteiger partial charge in [0.1, 0.15) is 9.75 Å². The van der Waals surface area contributed by atoms with Crippen molar-refractivity contribution in [3.8, 4) is 11.3 Å². The molecule has 32 heavy (non-hydrogen) atoms. The topological polar surface area (TPSA) is 109 Å². The minimum absolute atomic E-state index is 0.309. The van der Waals surface area contributed by atoms with E-state index in [1.54, 1.807) is 0 Å². The molecule has 0 fully saturated rings. The van der Waals surface area contributed by atoms with E-state index in [1.165, 1.54) is 40.6 Å². The number of hydrogen-bond donors (Lipinski definition) is 3. The second-order valence-electron chi connectivity index (χ2n) is 6.80. The quantitative estimate of drug-likeness (QED) is 0.311. The van der Waals surface area contributed by atoms with Gasteiger partial charge in [-0.15, -0.1) is 11.3 Å². The number of benzene rings is 1. The molecule has 0 bridgehead atoms. The largest absolute Gasteiger partial charge is 0.362 e. The summed E-state index contributed by atoms with van der Waals surface area (Å²) in [7, 11) is 0. The fourth-order valence-corrected chi connectivity index (χ4v) is 4.79. The van der Waals surface area contributed by atoms with E-state index in [0.717, 1.165) is 35.6 Å². The van der Waals surface area contributed by atoms with Crippen molar-refractivity contribution in [2.45, 2.75) is 20.3 Å². The van der Waals surface area contributed by atoms with Gasteiger partial charge >= 0.3 is 0 Å². The predicted molar refractivity (Wildman–Crippen MR) is 131 cm³/mol. The third-order valence-electron chi connectivity index (χ3n) is 4.28. The molecule has 8 nitrogen and oxygen atoms in total. The zero-order valence-electron chi connectivity index (χ0n) is 17.3. The normalized spacial score (nSPS) is 10.7. The summed E-state index contributed by atoms with van der Waals surface area (Å²) in [6.07, 6.45) is 3.93. The second-order valence-corrected chi connectivity index (χ2v) is 9.72. The van der Waals surface area contributed by atoms with Crippen molar-refractivity contribution in [2.75, 3.05) is 22.5 Å². The van der Waals surface area contributed by atoms with Gasteiger partial charge in [0.25, 0.3) is 11.8 Å². The minimum Gasteiger partial charge on any atom is -0.362 e. The molecule has 0 aliphatic rings. The van der Waals surface area contributed by atoms with Crippen LogP contribution in [0.2, 0.25) is 0 Å². The van der Waals surface area contributed by atoms with Gasteiger partial charge in [0, 0.05) is 17.5 Å². The number of anilines is 3. The molecule has 3 heterocycles. The molecular formula is C21H20N6O2S3. The SMILES string of the molecule is CCCNc1ncc(C(=O)Nc2ncc(C(=O)Nc3nc(-c4ccc(C)cc4)cs3)s2)s1. The lowest BCUT2D eigenvalue weighted by Crippen LogP contribution is -2.10. The van der Waals surface area contributed by atoms with Crippen molar-refractivity contribution < 1.29 is 9.59 Å². The molecule has 1 aromatic carbocycles. The number of carbonyl (C=O) groups is 2. The third kappa shape index (κ3) is 5.36. The van der Waals surface area contributed by atoms with Crippen LogP contribution in [-0.2, 0) is 0 Å². The number of nitrogens with zero attached hydrogens (tertiary/aromatic N) is 3. The predicted octanol–water partition coefficient (Wildman–Crippen LogP) is 5.36. The molecule has 3 aromatic heterocycles. The zero-order chi connectivity index (χ0) is 22.5. The smallest absolute Gasteiger partial charge is 0.269 e. The highest BCUT2D eigenvalue weighted by atomic mass is 32.1. The summed E-state index contributed by atoms with van der Waals surface area (Å²) in [5.74, 6) is -0.632. The van der Waals surface area contributed by atoms with Crippen LogP contribution in [0.4, 0.5) is 15.4 Å². The number of nitrogens with one attached hydrogen (secondary N) is 3. The second kappa shape index (κ2) is 9.98. The van der Waals surface area contributed by atoms with Crippen molar-refractivity contribution in [2.24, 2.45) is 0 Å². The number of amides is 2. The molecule has 0 aliphatic heterocycles. The maximum atomic E-state index is 12.6. The highest BCUT2D eigenvalue weighted by Crippen LogP contribution is 2.27. The molecule has 0 saturated heterocycles. The summed E-state index contributed by atoms with van der Waals surface area (Å²) in [5.41, 5.74) is 2.97. The van der Waals surface area contributed by atoms with Crippen LogP contribution in [-0.4, -0.2) is 33.3 Å². The Labute approximate surface area is 196 Å². The van der Waals surface area contributed by atoms with Crippen LogP contribution >= 0.6 is 34.0 Å². The number of rotatable bonds is 8. The first-order valence-corrected chi connectivity index (χ1v) is 12.3. The van der Waals surface area contributed by atoms with Gasteiger partial charge in [-0.25, -0.2) is 15.0 Å². The number of aryl methyl sites for hydroxylation is 1. The fraction of sp³-hybridized carbons (Fsp3) is 0.190. The average molecular weight is 485 g/mol. The fourth-order valence-electron chi connectivity index (χ4n) is 2.64. The zero-order valence-corrected chi connectivity index (χ0v) is 19.8. The molecule has 0 radical (unpaired) electrons. The third-order valence-corrected chi connectivity index (χ3v) is 6.90. The van der Waals surface area contributed by atoms with Crippen molar-refractivity contribution in [1.82, 2.24) is 15.0 Å². The molecule has 3 N–H and O–H groups in total. The van der Waals surface area contributed by atoms with Crippen LogP contribution in [0, 0.1) is 6.92 Å². The number of aromatic nitrogens is 3. The Kier molecular flexibility index (Phi) is 6.88. The van der Waals surface area contributed by atoms with E-state index in [4.69, 9.17) is 0 Å². The van der Waals surface area contributed by atoms with E-state index in [0.29, 0.717) is 25.1 Å². The van der Waals surface area contributed by atoms with E-state index in [1.807, 2.05) is 36.6 Å². The molecular weight excluding hydrogens is 464 g/mol. The van der Waals surface area contributed by atoms with Crippen LogP contribution in [0.3, 0.4) is 0 Å². The highest BCUT2D eigenvalue weighted by Gasteiger charge is 2.16. The van der Waals surface area contributed by atoms with Crippen LogP contribution < -0.4 is 16.0 Å². The Morgan fingerprint density at radius 1 is 0.906 bits per heavy atom. The van der Waals surface area contributed by atoms with Crippen molar-refractivity contribution in [3.05, 3.63) is 57.4 Å². The maximum Gasteiger partial charge on any atom is 0.269 e. The Morgan fingerprint density at radius 2 is 1.53 bits per heavy atom. The van der Waals surface area contributed by atoms with Gasteiger partial charge in [-0.2, -0.15) is 0 Å². The Balaban J connectivity index is 1.36. The summed E-state index contributed by atoms with van der Waals surface area (Å²) >= 11 is 3.73. The molecule has 4 aromatic rings. The van der Waals surface area contributed by atoms with Crippen molar-refractivity contribution in [1.29, 1.82) is 0 Å². The molecule has 11 heteroatoms.